The lowest BCUT2D eigenvalue weighted by Crippen LogP contribution is -2.39. The largest absolute Gasteiger partial charge is 0.416 e. The van der Waals surface area contributed by atoms with Gasteiger partial charge in [-0.3, -0.25) is 4.90 Å². The summed E-state index contributed by atoms with van der Waals surface area (Å²) in [7, 11) is 0. The van der Waals surface area contributed by atoms with Gasteiger partial charge in [0.25, 0.3) is 0 Å². The van der Waals surface area contributed by atoms with Crippen molar-refractivity contribution in [2.75, 3.05) is 39.4 Å². The smallest absolute Gasteiger partial charge is 0.379 e. The third-order valence-corrected chi connectivity index (χ3v) is 4.35. The van der Waals surface area contributed by atoms with E-state index in [2.05, 4.69) is 31.1 Å². The number of halogens is 4. The molecule has 3 N–H and O–H groups in total. The first kappa shape index (κ1) is 20.0. The Kier molecular flexibility index (Phi) is 7.52. The van der Waals surface area contributed by atoms with E-state index < -0.39 is 11.7 Å². The van der Waals surface area contributed by atoms with Gasteiger partial charge in [0.15, 0.2) is 5.96 Å². The van der Waals surface area contributed by atoms with Crippen LogP contribution in [-0.2, 0) is 17.5 Å². The van der Waals surface area contributed by atoms with Crippen LogP contribution in [0, 0.1) is 0 Å². The maximum Gasteiger partial charge on any atom is 0.416 e. The Hall–Kier alpha value is -1.32. The second-order valence-electron chi connectivity index (χ2n) is 5.74. The van der Waals surface area contributed by atoms with Gasteiger partial charge in [-0.25, -0.2) is 4.99 Å². The van der Waals surface area contributed by atoms with E-state index in [-0.39, 0.29) is 18.1 Å². The number of morpholine rings is 1. The number of alkyl halides is 3. The van der Waals surface area contributed by atoms with Gasteiger partial charge in [0, 0.05) is 24.1 Å². The number of guanidine groups is 1. The minimum Gasteiger partial charge on any atom is -0.379 e. The Morgan fingerprint density at radius 3 is 2.72 bits per heavy atom. The third-order valence-electron chi connectivity index (χ3n) is 3.86. The molecule has 5 nitrogen and oxygen atoms in total. The standard InChI is InChI=1S/C16H22BrF3N4O/c17-13-3-2-12(14(10-13)16(18,19)20)11-23-15(21)22-4-1-5-24-6-8-25-9-7-24/h2-3,10H,1,4-9,11H2,(H3,21,22,23). The molecule has 0 atom stereocenters. The van der Waals surface area contributed by atoms with Gasteiger partial charge in [0.05, 0.1) is 25.3 Å². The number of hydrogen-bond acceptors (Lipinski definition) is 3. The highest BCUT2D eigenvalue weighted by atomic mass is 79.9. The summed E-state index contributed by atoms with van der Waals surface area (Å²) in [6.45, 7) is 4.79. The van der Waals surface area contributed by atoms with Crippen LogP contribution in [0.4, 0.5) is 13.2 Å². The van der Waals surface area contributed by atoms with Crippen molar-refractivity contribution in [3.63, 3.8) is 0 Å². The molecule has 1 heterocycles. The minimum atomic E-state index is -4.42. The number of nitrogens with zero attached hydrogens (tertiary/aromatic N) is 2. The van der Waals surface area contributed by atoms with Crippen molar-refractivity contribution in [2.24, 2.45) is 10.7 Å². The lowest BCUT2D eigenvalue weighted by molar-refractivity contribution is -0.138. The molecular weight excluding hydrogens is 401 g/mol. The van der Waals surface area contributed by atoms with Gasteiger partial charge >= 0.3 is 6.18 Å². The summed E-state index contributed by atoms with van der Waals surface area (Å²) >= 11 is 3.06. The molecule has 0 radical (unpaired) electrons. The predicted octanol–water partition coefficient (Wildman–Crippen LogP) is 2.59. The van der Waals surface area contributed by atoms with Crippen molar-refractivity contribution in [1.29, 1.82) is 0 Å². The highest BCUT2D eigenvalue weighted by Crippen LogP contribution is 2.34. The summed E-state index contributed by atoms with van der Waals surface area (Å²) in [5.74, 6) is 0.151. The van der Waals surface area contributed by atoms with E-state index in [9.17, 15) is 13.2 Å². The van der Waals surface area contributed by atoms with Crippen LogP contribution in [0.3, 0.4) is 0 Å². The lowest BCUT2D eigenvalue weighted by atomic mass is 10.1. The van der Waals surface area contributed by atoms with E-state index in [1.807, 2.05) is 0 Å². The summed E-state index contributed by atoms with van der Waals surface area (Å²) in [5, 5.41) is 2.94. The molecule has 2 rings (SSSR count). The molecule has 0 aliphatic carbocycles. The molecule has 140 valence electrons. The first-order valence-electron chi connectivity index (χ1n) is 8.06. The second kappa shape index (κ2) is 9.40. The van der Waals surface area contributed by atoms with Crippen LogP contribution in [0.2, 0.25) is 0 Å². The highest BCUT2D eigenvalue weighted by molar-refractivity contribution is 9.10. The second-order valence-corrected chi connectivity index (χ2v) is 6.65. The molecule has 1 aromatic rings. The van der Waals surface area contributed by atoms with Crippen molar-refractivity contribution in [3.8, 4) is 0 Å². The zero-order valence-electron chi connectivity index (χ0n) is 13.8. The average molecular weight is 423 g/mol. The van der Waals surface area contributed by atoms with Crippen LogP contribution in [0.1, 0.15) is 17.5 Å². The number of nitrogens with one attached hydrogen (secondary N) is 1. The number of rotatable bonds is 6. The van der Waals surface area contributed by atoms with E-state index in [0.717, 1.165) is 45.3 Å². The Morgan fingerprint density at radius 2 is 2.04 bits per heavy atom. The van der Waals surface area contributed by atoms with Crippen molar-refractivity contribution in [3.05, 3.63) is 33.8 Å². The monoisotopic (exact) mass is 422 g/mol. The molecule has 1 aliphatic heterocycles. The Balaban J connectivity index is 1.80. The molecule has 9 heteroatoms. The lowest BCUT2D eigenvalue weighted by Gasteiger charge is -2.26. The molecule has 25 heavy (non-hydrogen) atoms. The number of nitrogens with two attached hydrogens (primary N) is 1. The van der Waals surface area contributed by atoms with Crippen LogP contribution >= 0.6 is 15.9 Å². The van der Waals surface area contributed by atoms with Crippen molar-refractivity contribution >= 4 is 21.9 Å². The Labute approximate surface area is 153 Å². The van der Waals surface area contributed by atoms with Gasteiger partial charge in [-0.1, -0.05) is 22.0 Å². The summed E-state index contributed by atoms with van der Waals surface area (Å²) in [5.41, 5.74) is 5.13. The number of aliphatic imine (C=N–C) groups is 1. The average Bonchev–Trinajstić information content (AvgIpc) is 2.58. The van der Waals surface area contributed by atoms with Crippen molar-refractivity contribution < 1.29 is 17.9 Å². The van der Waals surface area contributed by atoms with Crippen molar-refractivity contribution in [1.82, 2.24) is 10.2 Å². The van der Waals surface area contributed by atoms with Crippen LogP contribution in [-0.4, -0.2) is 50.3 Å². The summed E-state index contributed by atoms with van der Waals surface area (Å²) < 4.78 is 44.8. The van der Waals surface area contributed by atoms with E-state index in [1.54, 1.807) is 6.07 Å². The van der Waals surface area contributed by atoms with E-state index in [4.69, 9.17) is 10.5 Å². The Bertz CT molecular complexity index is 589. The van der Waals surface area contributed by atoms with Crippen LogP contribution in [0.15, 0.2) is 27.7 Å². The van der Waals surface area contributed by atoms with Gasteiger partial charge in [0.1, 0.15) is 0 Å². The van der Waals surface area contributed by atoms with E-state index in [1.165, 1.54) is 6.07 Å². The summed E-state index contributed by atoms with van der Waals surface area (Å²) in [4.78, 5) is 6.32. The molecule has 0 amide bonds. The van der Waals surface area contributed by atoms with E-state index in [0.29, 0.717) is 11.0 Å². The molecule has 1 fully saturated rings. The quantitative estimate of drug-likeness (QED) is 0.420. The van der Waals surface area contributed by atoms with Gasteiger partial charge in [-0.05, 0) is 30.7 Å². The molecule has 1 saturated heterocycles. The fourth-order valence-electron chi connectivity index (χ4n) is 2.52. The molecule has 1 aliphatic rings. The molecule has 0 unspecified atom stereocenters. The molecule has 0 aromatic heterocycles. The molecule has 0 spiro atoms. The number of ether oxygens (including phenoxy) is 1. The number of benzene rings is 1. The highest BCUT2D eigenvalue weighted by Gasteiger charge is 2.33. The maximum absolute atomic E-state index is 13.0. The molecule has 0 bridgehead atoms. The first-order chi connectivity index (χ1) is 11.9. The minimum absolute atomic E-state index is 0.0915. The third kappa shape index (κ3) is 6.83. The van der Waals surface area contributed by atoms with Crippen LogP contribution in [0.5, 0.6) is 0 Å². The fourth-order valence-corrected chi connectivity index (χ4v) is 2.88. The molecular formula is C16H22BrF3N4O. The van der Waals surface area contributed by atoms with Crippen LogP contribution < -0.4 is 11.1 Å². The Morgan fingerprint density at radius 1 is 1.32 bits per heavy atom. The summed E-state index contributed by atoms with van der Waals surface area (Å²) in [6, 6.07) is 4.02. The van der Waals surface area contributed by atoms with Gasteiger partial charge in [0.2, 0.25) is 0 Å². The van der Waals surface area contributed by atoms with Gasteiger partial charge in [-0.2, -0.15) is 13.2 Å². The van der Waals surface area contributed by atoms with E-state index >= 15 is 0 Å². The van der Waals surface area contributed by atoms with Crippen molar-refractivity contribution in [2.45, 2.75) is 19.1 Å². The predicted molar refractivity (Wildman–Crippen MR) is 94.3 cm³/mol. The topological polar surface area (TPSA) is 62.9 Å². The summed E-state index contributed by atoms with van der Waals surface area (Å²) in [6.07, 6.45) is -3.54. The fraction of sp³-hybridized carbons (Fsp3) is 0.562. The number of hydrogen-bond donors (Lipinski definition) is 2. The first-order valence-corrected chi connectivity index (χ1v) is 8.85. The van der Waals surface area contributed by atoms with Gasteiger partial charge in [-0.15, -0.1) is 0 Å². The maximum atomic E-state index is 13.0. The molecule has 0 saturated carbocycles. The zero-order chi connectivity index (χ0) is 18.3. The van der Waals surface area contributed by atoms with Crippen LogP contribution in [0.25, 0.3) is 0 Å². The van der Waals surface area contributed by atoms with Gasteiger partial charge < -0.3 is 15.8 Å². The normalized spacial score (nSPS) is 16.9. The molecule has 1 aromatic carbocycles. The zero-order valence-corrected chi connectivity index (χ0v) is 15.4. The SMILES string of the molecule is NC(=NCc1ccc(Br)cc1C(F)(F)F)NCCCN1CCOCC1.